The minimum Gasteiger partial charge on any atom is -0.313 e. The van der Waals surface area contributed by atoms with Gasteiger partial charge >= 0.3 is 5.69 Å². The topological polar surface area (TPSA) is 91.5 Å². The Labute approximate surface area is 107 Å². The lowest BCUT2D eigenvalue weighted by molar-refractivity contribution is 0.993. The third-order valence-electron chi connectivity index (χ3n) is 2.74. The van der Waals surface area contributed by atoms with Gasteiger partial charge in [-0.15, -0.1) is 10.2 Å². The smallest absolute Gasteiger partial charge is 0.313 e. The molecule has 0 amide bonds. The van der Waals surface area contributed by atoms with Crippen molar-refractivity contribution in [2.45, 2.75) is 12.8 Å². The number of rotatable bonds is 1. The van der Waals surface area contributed by atoms with Gasteiger partial charge in [-0.2, -0.15) is 0 Å². The minimum atomic E-state index is -0.548. The predicted molar refractivity (Wildman–Crippen MR) is 68.3 cm³/mol. The average molecular weight is 254 g/mol. The maximum Gasteiger partial charge on any atom is 0.325 e. The summed E-state index contributed by atoms with van der Waals surface area (Å²) in [6.45, 7) is 0. The molecule has 0 radical (unpaired) electrons. The van der Waals surface area contributed by atoms with Crippen LogP contribution in [0.1, 0.15) is 18.5 Å². The molecular formula is C13H10N4O2. The second-order valence-corrected chi connectivity index (χ2v) is 4.33. The molecule has 0 saturated heterocycles. The first-order chi connectivity index (χ1) is 9.22. The summed E-state index contributed by atoms with van der Waals surface area (Å²) in [7, 11) is 0. The molecule has 2 aromatic heterocycles. The molecule has 2 heterocycles. The number of aromatic nitrogens is 4. The second-order valence-electron chi connectivity index (χ2n) is 4.33. The molecule has 94 valence electrons. The third kappa shape index (κ3) is 2.60. The normalized spacial score (nSPS) is 13.7. The highest BCUT2D eigenvalue weighted by Crippen LogP contribution is 2.27. The fraction of sp³-hybridized carbons (Fsp3) is 0.231. The zero-order valence-corrected chi connectivity index (χ0v) is 9.93. The number of aromatic amines is 2. The fourth-order valence-electron chi connectivity index (χ4n) is 1.55. The SMILES string of the molecule is O=c1[nH]cc(-c2ccc(C#CC3CC3)nn2)c(=O)[nH]1. The molecule has 6 heteroatoms. The zero-order chi connectivity index (χ0) is 13.2. The summed E-state index contributed by atoms with van der Waals surface area (Å²) >= 11 is 0. The van der Waals surface area contributed by atoms with E-state index < -0.39 is 11.2 Å². The Hall–Kier alpha value is -2.68. The fourth-order valence-corrected chi connectivity index (χ4v) is 1.55. The van der Waals surface area contributed by atoms with E-state index in [1.54, 1.807) is 12.1 Å². The quantitative estimate of drug-likeness (QED) is 0.715. The van der Waals surface area contributed by atoms with Crippen LogP contribution < -0.4 is 11.2 Å². The molecule has 1 saturated carbocycles. The molecule has 6 nitrogen and oxygen atoms in total. The summed E-state index contributed by atoms with van der Waals surface area (Å²) in [5.41, 5.74) is 0.211. The van der Waals surface area contributed by atoms with Crippen LogP contribution in [0, 0.1) is 17.8 Å². The Morgan fingerprint density at radius 3 is 2.68 bits per heavy atom. The van der Waals surface area contributed by atoms with Gasteiger partial charge in [0.15, 0.2) is 0 Å². The van der Waals surface area contributed by atoms with Gasteiger partial charge in [-0.1, -0.05) is 5.92 Å². The highest BCUT2D eigenvalue weighted by atomic mass is 16.2. The van der Waals surface area contributed by atoms with Gasteiger partial charge in [-0.05, 0) is 30.9 Å². The monoisotopic (exact) mass is 254 g/mol. The molecule has 2 N–H and O–H groups in total. The van der Waals surface area contributed by atoms with Crippen molar-refractivity contribution in [3.05, 3.63) is 44.9 Å². The van der Waals surface area contributed by atoms with Gasteiger partial charge in [0.25, 0.3) is 5.56 Å². The molecule has 0 aromatic carbocycles. The molecule has 19 heavy (non-hydrogen) atoms. The van der Waals surface area contributed by atoms with E-state index in [0.29, 0.717) is 17.3 Å². The summed E-state index contributed by atoms with van der Waals surface area (Å²) in [5.74, 6) is 6.53. The summed E-state index contributed by atoms with van der Waals surface area (Å²) < 4.78 is 0. The van der Waals surface area contributed by atoms with Crippen molar-refractivity contribution in [3.8, 4) is 23.1 Å². The summed E-state index contributed by atoms with van der Waals surface area (Å²) in [6.07, 6.45) is 3.64. The lowest BCUT2D eigenvalue weighted by Crippen LogP contribution is -2.22. The number of hydrogen-bond donors (Lipinski definition) is 2. The van der Waals surface area contributed by atoms with Crippen molar-refractivity contribution in [1.29, 1.82) is 0 Å². The van der Waals surface area contributed by atoms with Crippen LogP contribution in [-0.2, 0) is 0 Å². The predicted octanol–water partition coefficient (Wildman–Crippen LogP) is 0.282. The number of nitrogens with one attached hydrogen (secondary N) is 2. The van der Waals surface area contributed by atoms with Crippen molar-refractivity contribution in [2.24, 2.45) is 5.92 Å². The van der Waals surface area contributed by atoms with Crippen LogP contribution in [0.15, 0.2) is 27.9 Å². The molecule has 0 atom stereocenters. The maximum atomic E-state index is 11.6. The van der Waals surface area contributed by atoms with Gasteiger partial charge in [0.2, 0.25) is 0 Å². The third-order valence-corrected chi connectivity index (χ3v) is 2.74. The molecule has 1 fully saturated rings. The van der Waals surface area contributed by atoms with Crippen molar-refractivity contribution < 1.29 is 0 Å². The highest BCUT2D eigenvalue weighted by molar-refractivity contribution is 5.55. The molecule has 0 bridgehead atoms. The zero-order valence-electron chi connectivity index (χ0n) is 9.93. The average Bonchev–Trinajstić information content (AvgIpc) is 3.21. The van der Waals surface area contributed by atoms with Crippen molar-refractivity contribution in [2.75, 3.05) is 0 Å². The minimum absolute atomic E-state index is 0.272. The van der Waals surface area contributed by atoms with E-state index in [0.717, 1.165) is 12.8 Å². The Bertz CT molecular complexity index is 773. The lowest BCUT2D eigenvalue weighted by atomic mass is 10.2. The van der Waals surface area contributed by atoms with Crippen molar-refractivity contribution in [1.82, 2.24) is 20.2 Å². The van der Waals surface area contributed by atoms with E-state index >= 15 is 0 Å². The van der Waals surface area contributed by atoms with Gasteiger partial charge in [0.1, 0.15) is 11.4 Å². The van der Waals surface area contributed by atoms with Crippen LogP contribution in [0.2, 0.25) is 0 Å². The van der Waals surface area contributed by atoms with Gasteiger partial charge < -0.3 is 4.98 Å². The van der Waals surface area contributed by atoms with Gasteiger partial charge in [-0.3, -0.25) is 9.78 Å². The molecule has 2 aromatic rings. The Morgan fingerprint density at radius 2 is 2.05 bits per heavy atom. The van der Waals surface area contributed by atoms with Gasteiger partial charge in [-0.25, -0.2) is 4.79 Å². The van der Waals surface area contributed by atoms with Crippen molar-refractivity contribution >= 4 is 0 Å². The first kappa shape index (κ1) is 11.4. The van der Waals surface area contributed by atoms with E-state index in [1.807, 2.05) is 0 Å². The molecule has 0 spiro atoms. The molecule has 0 aliphatic heterocycles. The van der Waals surface area contributed by atoms with Gasteiger partial charge in [0.05, 0.1) is 5.56 Å². The standard InChI is InChI=1S/C13H10N4O2/c18-12-10(7-14-13(19)15-12)11-6-5-9(16-17-11)4-3-8-1-2-8/h5-8H,1-2H2,(H2,14,15,18,19). The maximum absolute atomic E-state index is 11.6. The van der Waals surface area contributed by atoms with E-state index in [1.165, 1.54) is 6.20 Å². The van der Waals surface area contributed by atoms with Crippen LogP contribution >= 0.6 is 0 Å². The van der Waals surface area contributed by atoms with Crippen LogP contribution in [0.25, 0.3) is 11.3 Å². The Kier molecular flexibility index (Phi) is 2.72. The molecule has 3 rings (SSSR count). The lowest BCUT2D eigenvalue weighted by Gasteiger charge is -1.97. The Balaban J connectivity index is 1.92. The van der Waals surface area contributed by atoms with Crippen LogP contribution in [0.4, 0.5) is 0 Å². The summed E-state index contributed by atoms with van der Waals surface area (Å²) in [4.78, 5) is 27.0. The molecule has 0 unspecified atom stereocenters. The first-order valence-corrected chi connectivity index (χ1v) is 5.90. The molecule has 1 aliphatic carbocycles. The van der Waals surface area contributed by atoms with Crippen LogP contribution in [-0.4, -0.2) is 20.2 Å². The summed E-state index contributed by atoms with van der Waals surface area (Å²) in [6, 6.07) is 3.37. The second kappa shape index (κ2) is 4.53. The van der Waals surface area contributed by atoms with Crippen molar-refractivity contribution in [3.63, 3.8) is 0 Å². The number of H-pyrrole nitrogens is 2. The van der Waals surface area contributed by atoms with Gasteiger partial charge in [0, 0.05) is 12.1 Å². The van der Waals surface area contributed by atoms with Crippen LogP contribution in [0.3, 0.4) is 0 Å². The number of hydrogen-bond acceptors (Lipinski definition) is 4. The number of nitrogens with zero attached hydrogens (tertiary/aromatic N) is 2. The van der Waals surface area contributed by atoms with E-state index in [-0.39, 0.29) is 5.56 Å². The molecular weight excluding hydrogens is 244 g/mol. The van der Waals surface area contributed by atoms with E-state index in [9.17, 15) is 9.59 Å². The highest BCUT2D eigenvalue weighted by Gasteiger charge is 2.17. The van der Waals surface area contributed by atoms with E-state index in [2.05, 4.69) is 32.0 Å². The first-order valence-electron chi connectivity index (χ1n) is 5.90. The summed E-state index contributed by atoms with van der Waals surface area (Å²) in [5, 5.41) is 7.89. The Morgan fingerprint density at radius 1 is 1.21 bits per heavy atom. The largest absolute Gasteiger partial charge is 0.325 e. The van der Waals surface area contributed by atoms with E-state index in [4.69, 9.17) is 0 Å². The van der Waals surface area contributed by atoms with Crippen LogP contribution in [0.5, 0.6) is 0 Å². The molecule has 1 aliphatic rings.